The molecule has 0 radical (unpaired) electrons. The van der Waals surface area contributed by atoms with Crippen molar-refractivity contribution < 1.29 is 9.59 Å². The van der Waals surface area contributed by atoms with Crippen LogP contribution < -0.4 is 0 Å². The molecule has 0 aliphatic rings. The fourth-order valence-corrected chi connectivity index (χ4v) is 3.01. The third-order valence-electron chi connectivity index (χ3n) is 3.13. The number of hydrogen-bond acceptors (Lipinski definition) is 4. The molecule has 0 aliphatic carbocycles. The first kappa shape index (κ1) is 14.9. The van der Waals surface area contributed by atoms with Gasteiger partial charge in [0.25, 0.3) is 0 Å². The highest BCUT2D eigenvalue weighted by Gasteiger charge is 2.21. The second kappa shape index (κ2) is 5.98. The zero-order valence-corrected chi connectivity index (χ0v) is 14.0. The summed E-state index contributed by atoms with van der Waals surface area (Å²) in [5.41, 5.74) is 1.31. The molecule has 22 heavy (non-hydrogen) atoms. The van der Waals surface area contributed by atoms with Crippen LogP contribution in [0.1, 0.15) is 32.6 Å². The van der Waals surface area contributed by atoms with Crippen molar-refractivity contribution >= 4 is 38.8 Å². The molecule has 2 aromatic heterocycles. The van der Waals surface area contributed by atoms with Crippen LogP contribution >= 0.6 is 27.3 Å². The largest absolute Gasteiger partial charge is 0.293 e. The first-order valence-corrected chi connectivity index (χ1v) is 8.18. The van der Waals surface area contributed by atoms with Crippen LogP contribution in [0.15, 0.2) is 52.4 Å². The van der Waals surface area contributed by atoms with E-state index in [1.54, 1.807) is 16.9 Å². The molecule has 0 bridgehead atoms. The van der Waals surface area contributed by atoms with Crippen LogP contribution in [0.25, 0.3) is 5.69 Å². The SMILES string of the molecule is CC(=O)c1nn(-c2ccc(Br)cc2)cc1C(=O)c1cccs1. The summed E-state index contributed by atoms with van der Waals surface area (Å²) in [5.74, 6) is -0.403. The molecular formula is C16H11BrN2O2S. The Morgan fingerprint density at radius 3 is 2.50 bits per heavy atom. The summed E-state index contributed by atoms with van der Waals surface area (Å²) in [6.45, 7) is 1.42. The molecule has 0 fully saturated rings. The Hall–Kier alpha value is -2.05. The molecule has 6 heteroatoms. The Morgan fingerprint density at radius 2 is 1.91 bits per heavy atom. The maximum absolute atomic E-state index is 12.5. The number of halogens is 1. The molecule has 0 unspecified atom stereocenters. The van der Waals surface area contributed by atoms with Gasteiger partial charge in [-0.05, 0) is 35.7 Å². The average Bonchev–Trinajstić information content (AvgIpc) is 3.17. The molecule has 0 aliphatic heterocycles. The van der Waals surface area contributed by atoms with Crippen LogP contribution in [-0.2, 0) is 0 Å². The van der Waals surface area contributed by atoms with Gasteiger partial charge in [-0.1, -0.05) is 22.0 Å². The molecule has 0 atom stereocenters. The van der Waals surface area contributed by atoms with Gasteiger partial charge < -0.3 is 0 Å². The lowest BCUT2D eigenvalue weighted by Gasteiger charge is -2.00. The quantitative estimate of drug-likeness (QED) is 0.645. The van der Waals surface area contributed by atoms with Crippen molar-refractivity contribution in [3.05, 3.63) is 68.6 Å². The predicted octanol–water partition coefficient (Wildman–Crippen LogP) is 4.13. The number of aromatic nitrogens is 2. The summed E-state index contributed by atoms with van der Waals surface area (Å²) in [7, 11) is 0. The van der Waals surface area contributed by atoms with E-state index >= 15 is 0 Å². The monoisotopic (exact) mass is 374 g/mol. The zero-order chi connectivity index (χ0) is 15.7. The van der Waals surface area contributed by atoms with Crippen molar-refractivity contribution in [3.8, 4) is 5.69 Å². The number of carbonyl (C=O) groups is 2. The van der Waals surface area contributed by atoms with E-state index in [9.17, 15) is 9.59 Å². The van der Waals surface area contributed by atoms with Gasteiger partial charge in [0.15, 0.2) is 5.78 Å². The number of thiophene rings is 1. The highest BCUT2D eigenvalue weighted by atomic mass is 79.9. The molecule has 1 aromatic carbocycles. The van der Waals surface area contributed by atoms with Gasteiger partial charge in [-0.3, -0.25) is 9.59 Å². The first-order chi connectivity index (χ1) is 10.6. The van der Waals surface area contributed by atoms with Gasteiger partial charge >= 0.3 is 0 Å². The van der Waals surface area contributed by atoms with Gasteiger partial charge in [0.05, 0.1) is 16.1 Å². The minimum Gasteiger partial charge on any atom is -0.293 e. The molecule has 0 spiro atoms. The van der Waals surface area contributed by atoms with Crippen LogP contribution in [0.5, 0.6) is 0 Å². The second-order valence-electron chi connectivity index (χ2n) is 4.67. The average molecular weight is 375 g/mol. The summed E-state index contributed by atoms with van der Waals surface area (Å²) < 4.78 is 2.51. The lowest BCUT2D eigenvalue weighted by molar-refractivity contribution is 0.0988. The maximum atomic E-state index is 12.5. The highest BCUT2D eigenvalue weighted by molar-refractivity contribution is 9.10. The van der Waals surface area contributed by atoms with Gasteiger partial charge in [0.2, 0.25) is 5.78 Å². The summed E-state index contributed by atoms with van der Waals surface area (Å²) in [5, 5.41) is 6.11. The molecule has 0 saturated heterocycles. The number of hydrogen-bond donors (Lipinski definition) is 0. The van der Waals surface area contributed by atoms with Gasteiger partial charge in [0, 0.05) is 17.6 Å². The summed E-state index contributed by atoms with van der Waals surface area (Å²) >= 11 is 4.72. The van der Waals surface area contributed by atoms with Crippen LogP contribution in [0.2, 0.25) is 0 Å². The van der Waals surface area contributed by atoms with E-state index in [4.69, 9.17) is 0 Å². The van der Waals surface area contributed by atoms with Gasteiger partial charge in [-0.2, -0.15) is 5.10 Å². The summed E-state index contributed by atoms with van der Waals surface area (Å²) in [6, 6.07) is 11.0. The molecule has 0 saturated carbocycles. The lowest BCUT2D eigenvalue weighted by atomic mass is 10.1. The second-order valence-corrected chi connectivity index (χ2v) is 6.54. The molecule has 0 N–H and O–H groups in total. The number of ketones is 2. The molecule has 2 heterocycles. The Labute approximate surface area is 139 Å². The number of Topliss-reactive ketones (excluding diaryl/α,β-unsaturated/α-hetero) is 1. The van der Waals surface area contributed by atoms with Crippen molar-refractivity contribution in [3.63, 3.8) is 0 Å². The van der Waals surface area contributed by atoms with Gasteiger partial charge in [-0.15, -0.1) is 11.3 Å². The number of benzene rings is 1. The molecule has 3 rings (SSSR count). The zero-order valence-electron chi connectivity index (χ0n) is 11.6. The van der Waals surface area contributed by atoms with Crippen molar-refractivity contribution in [2.24, 2.45) is 0 Å². The van der Waals surface area contributed by atoms with Crippen molar-refractivity contribution in [1.82, 2.24) is 9.78 Å². The van der Waals surface area contributed by atoms with E-state index in [0.717, 1.165) is 10.2 Å². The minimum absolute atomic E-state index is 0.177. The minimum atomic E-state index is -0.226. The lowest BCUT2D eigenvalue weighted by Crippen LogP contribution is -2.05. The highest BCUT2D eigenvalue weighted by Crippen LogP contribution is 2.21. The van der Waals surface area contributed by atoms with Crippen molar-refractivity contribution in [1.29, 1.82) is 0 Å². The van der Waals surface area contributed by atoms with Crippen LogP contribution in [0.4, 0.5) is 0 Å². The van der Waals surface area contributed by atoms with E-state index in [1.165, 1.54) is 18.3 Å². The summed E-state index contributed by atoms with van der Waals surface area (Å²) in [6.07, 6.45) is 1.61. The first-order valence-electron chi connectivity index (χ1n) is 6.51. The van der Waals surface area contributed by atoms with E-state index in [-0.39, 0.29) is 17.3 Å². The molecule has 0 amide bonds. The maximum Gasteiger partial charge on any atom is 0.206 e. The normalized spacial score (nSPS) is 10.6. The fourth-order valence-electron chi connectivity index (χ4n) is 2.07. The predicted molar refractivity (Wildman–Crippen MR) is 89.0 cm³/mol. The van der Waals surface area contributed by atoms with E-state index in [1.807, 2.05) is 35.7 Å². The van der Waals surface area contributed by atoms with E-state index in [2.05, 4.69) is 21.0 Å². The van der Waals surface area contributed by atoms with Crippen LogP contribution in [0.3, 0.4) is 0 Å². The molecule has 3 aromatic rings. The molecule has 4 nitrogen and oxygen atoms in total. The Kier molecular flexibility index (Phi) is 4.04. The van der Waals surface area contributed by atoms with E-state index in [0.29, 0.717) is 10.4 Å². The molecule has 110 valence electrons. The number of rotatable bonds is 4. The standard InChI is InChI=1S/C16H11BrN2O2S/c1-10(20)15-13(16(21)14-3-2-8-22-14)9-19(18-15)12-6-4-11(17)5-7-12/h2-9H,1H3. The Morgan fingerprint density at radius 1 is 1.18 bits per heavy atom. The number of carbonyl (C=O) groups excluding carboxylic acids is 2. The number of nitrogens with zero attached hydrogens (tertiary/aromatic N) is 2. The topological polar surface area (TPSA) is 52.0 Å². The van der Waals surface area contributed by atoms with Crippen LogP contribution in [0, 0.1) is 0 Å². The Balaban J connectivity index is 2.08. The molecular weight excluding hydrogens is 364 g/mol. The summed E-state index contributed by atoms with van der Waals surface area (Å²) in [4.78, 5) is 24.9. The third-order valence-corrected chi connectivity index (χ3v) is 4.53. The smallest absolute Gasteiger partial charge is 0.206 e. The van der Waals surface area contributed by atoms with Crippen molar-refractivity contribution in [2.45, 2.75) is 6.92 Å². The third kappa shape index (κ3) is 2.80. The van der Waals surface area contributed by atoms with Gasteiger partial charge in [0.1, 0.15) is 5.69 Å². The van der Waals surface area contributed by atoms with E-state index < -0.39 is 0 Å². The Bertz CT molecular complexity index is 836. The fraction of sp³-hybridized carbons (Fsp3) is 0.0625. The van der Waals surface area contributed by atoms with Crippen molar-refractivity contribution in [2.75, 3.05) is 0 Å². The van der Waals surface area contributed by atoms with Crippen LogP contribution in [-0.4, -0.2) is 21.3 Å². The van der Waals surface area contributed by atoms with Gasteiger partial charge in [-0.25, -0.2) is 4.68 Å².